The van der Waals surface area contributed by atoms with Crippen molar-refractivity contribution in [2.45, 2.75) is 45.6 Å². The number of aromatic nitrogens is 1. The molecule has 0 spiro atoms. The maximum absolute atomic E-state index is 9.75. The molecule has 0 aliphatic rings. The van der Waals surface area contributed by atoms with Crippen molar-refractivity contribution in [3.05, 3.63) is 127 Å². The number of nitrogens with zero attached hydrogens (tertiary/aromatic N) is 1. The molecule has 216 valence electrons. The summed E-state index contributed by atoms with van der Waals surface area (Å²) < 4.78 is 41.6. The van der Waals surface area contributed by atoms with Crippen LogP contribution in [-0.4, -0.2) is 7.25 Å². The Morgan fingerprint density at radius 3 is 1.17 bits per heavy atom. The SMILES string of the molecule is CCCCCCC[n+]1c(-c2ccccc2)c(-c2ccccc2)cc(-c2ccccc2)c1-c1ccccc1.F[B-](F)(F)F. The van der Waals surface area contributed by atoms with Gasteiger partial charge in [0.25, 0.3) is 0 Å². The molecule has 5 aromatic rings. The summed E-state index contributed by atoms with van der Waals surface area (Å²) in [6.45, 7) is 3.27. The van der Waals surface area contributed by atoms with Crippen LogP contribution in [-0.2, 0) is 6.54 Å². The quantitative estimate of drug-likeness (QED) is 0.0682. The van der Waals surface area contributed by atoms with Crippen LogP contribution >= 0.6 is 0 Å². The number of benzene rings is 4. The van der Waals surface area contributed by atoms with Crippen molar-refractivity contribution in [1.29, 1.82) is 0 Å². The Balaban J connectivity index is 0.000000748. The summed E-state index contributed by atoms with van der Waals surface area (Å²) in [5.74, 6) is 0. The van der Waals surface area contributed by atoms with Crippen molar-refractivity contribution in [2.24, 2.45) is 0 Å². The fraction of sp³-hybridized carbons (Fsp3) is 0.194. The number of unbranched alkanes of at least 4 members (excludes halogenated alkanes) is 4. The molecular weight excluding hydrogens is 533 g/mol. The molecule has 42 heavy (non-hydrogen) atoms. The van der Waals surface area contributed by atoms with Gasteiger partial charge in [0.05, 0.1) is 11.1 Å². The minimum atomic E-state index is -6.00. The predicted octanol–water partition coefficient (Wildman–Crippen LogP) is 10.9. The number of pyridine rings is 1. The molecule has 4 aromatic carbocycles. The zero-order valence-electron chi connectivity index (χ0n) is 23.9. The molecule has 1 heterocycles. The first-order valence-electron chi connectivity index (χ1n) is 14.6. The molecule has 0 aliphatic heterocycles. The van der Waals surface area contributed by atoms with Gasteiger partial charge in [0.1, 0.15) is 6.54 Å². The predicted molar refractivity (Wildman–Crippen MR) is 167 cm³/mol. The van der Waals surface area contributed by atoms with E-state index in [0.717, 1.165) is 13.0 Å². The van der Waals surface area contributed by atoms with Gasteiger partial charge in [-0.1, -0.05) is 123 Å². The molecule has 0 atom stereocenters. The van der Waals surface area contributed by atoms with Crippen LogP contribution < -0.4 is 4.57 Å². The molecule has 5 rings (SSSR count). The molecule has 0 bridgehead atoms. The van der Waals surface area contributed by atoms with Crippen LogP contribution in [0.1, 0.15) is 39.0 Å². The standard InChI is InChI=1S/C36H36N.BF4/c1-2-3-4-5-18-27-37-35(31-23-14-8-15-24-31)33(29-19-10-6-11-20-29)28-34(30-21-12-7-13-22-30)36(37)32-25-16-9-17-26-32;2-1(3,4)5/h6-17,19-26,28H,2-5,18,27H2,1H3;/q+1;-1. The molecule has 0 aliphatic carbocycles. The van der Waals surface area contributed by atoms with Crippen LogP contribution in [0.3, 0.4) is 0 Å². The summed E-state index contributed by atoms with van der Waals surface area (Å²) in [5.41, 5.74) is 10.1. The zero-order valence-corrected chi connectivity index (χ0v) is 23.9. The van der Waals surface area contributed by atoms with Crippen LogP contribution in [0.5, 0.6) is 0 Å². The van der Waals surface area contributed by atoms with Crippen LogP contribution in [0.15, 0.2) is 127 Å². The summed E-state index contributed by atoms with van der Waals surface area (Å²) in [6.07, 6.45) is 6.28. The van der Waals surface area contributed by atoms with Gasteiger partial charge in [-0.25, -0.2) is 0 Å². The first-order chi connectivity index (χ1) is 20.4. The Morgan fingerprint density at radius 2 is 0.810 bits per heavy atom. The Labute approximate surface area is 246 Å². The van der Waals surface area contributed by atoms with E-state index in [-0.39, 0.29) is 0 Å². The van der Waals surface area contributed by atoms with E-state index in [4.69, 9.17) is 0 Å². The molecular formula is C36H36BF4N. The second-order valence-corrected chi connectivity index (χ2v) is 10.2. The molecule has 6 heteroatoms. The van der Waals surface area contributed by atoms with E-state index in [1.54, 1.807) is 0 Å². The van der Waals surface area contributed by atoms with E-state index in [1.807, 2.05) is 0 Å². The molecule has 0 saturated heterocycles. The number of hydrogen-bond acceptors (Lipinski definition) is 0. The van der Waals surface area contributed by atoms with Crippen LogP contribution in [0.25, 0.3) is 44.8 Å². The third-order valence-corrected chi connectivity index (χ3v) is 7.09. The van der Waals surface area contributed by atoms with Crippen molar-refractivity contribution in [1.82, 2.24) is 0 Å². The number of halogens is 4. The largest absolute Gasteiger partial charge is 0.673 e. The minimum Gasteiger partial charge on any atom is -0.418 e. The highest BCUT2D eigenvalue weighted by Gasteiger charge is 2.29. The fourth-order valence-corrected chi connectivity index (χ4v) is 5.27. The van der Waals surface area contributed by atoms with E-state index in [1.165, 1.54) is 70.5 Å². The molecule has 0 N–H and O–H groups in total. The average Bonchev–Trinajstić information content (AvgIpc) is 3.01. The van der Waals surface area contributed by atoms with Gasteiger partial charge >= 0.3 is 7.25 Å². The highest BCUT2D eigenvalue weighted by atomic mass is 19.5. The maximum atomic E-state index is 9.75. The van der Waals surface area contributed by atoms with Gasteiger partial charge in [0.2, 0.25) is 11.4 Å². The highest BCUT2D eigenvalue weighted by Crippen LogP contribution is 2.38. The Morgan fingerprint density at radius 1 is 0.476 bits per heavy atom. The first kappa shape index (κ1) is 30.8. The van der Waals surface area contributed by atoms with Gasteiger partial charge < -0.3 is 17.3 Å². The third kappa shape index (κ3) is 8.66. The number of rotatable bonds is 10. The van der Waals surface area contributed by atoms with Gasteiger partial charge in [-0.3, -0.25) is 0 Å². The minimum absolute atomic E-state index is 0.985. The molecule has 0 radical (unpaired) electrons. The van der Waals surface area contributed by atoms with E-state index < -0.39 is 7.25 Å². The lowest BCUT2D eigenvalue weighted by Crippen LogP contribution is -2.40. The Hall–Kier alpha value is -4.19. The fourth-order valence-electron chi connectivity index (χ4n) is 5.27. The molecule has 0 fully saturated rings. The van der Waals surface area contributed by atoms with Gasteiger partial charge in [-0.05, 0) is 47.9 Å². The van der Waals surface area contributed by atoms with Crippen molar-refractivity contribution in [3.8, 4) is 44.8 Å². The van der Waals surface area contributed by atoms with E-state index in [9.17, 15) is 17.3 Å². The average molecular weight is 569 g/mol. The zero-order chi connectivity index (χ0) is 29.8. The Kier molecular flexibility index (Phi) is 11.1. The van der Waals surface area contributed by atoms with E-state index >= 15 is 0 Å². The smallest absolute Gasteiger partial charge is 0.418 e. The maximum Gasteiger partial charge on any atom is 0.673 e. The summed E-state index contributed by atoms with van der Waals surface area (Å²) in [6, 6.07) is 46.0. The van der Waals surface area contributed by atoms with Crippen LogP contribution in [0, 0.1) is 0 Å². The first-order valence-corrected chi connectivity index (χ1v) is 14.6. The highest BCUT2D eigenvalue weighted by molar-refractivity contribution is 6.50. The summed E-state index contributed by atoms with van der Waals surface area (Å²) in [5, 5.41) is 0. The number of hydrogen-bond donors (Lipinski definition) is 0. The van der Waals surface area contributed by atoms with Crippen molar-refractivity contribution in [2.75, 3.05) is 0 Å². The monoisotopic (exact) mass is 569 g/mol. The van der Waals surface area contributed by atoms with Gasteiger partial charge in [0.15, 0.2) is 0 Å². The molecule has 0 amide bonds. The van der Waals surface area contributed by atoms with E-state index in [0.29, 0.717) is 0 Å². The normalized spacial score (nSPS) is 11.1. The van der Waals surface area contributed by atoms with Crippen molar-refractivity contribution in [3.63, 3.8) is 0 Å². The lowest BCUT2D eigenvalue weighted by molar-refractivity contribution is -0.675. The van der Waals surface area contributed by atoms with Gasteiger partial charge in [0, 0.05) is 17.5 Å². The molecule has 0 saturated carbocycles. The van der Waals surface area contributed by atoms with Crippen molar-refractivity contribution >= 4 is 7.25 Å². The topological polar surface area (TPSA) is 3.88 Å². The second kappa shape index (κ2) is 15.2. The lowest BCUT2D eigenvalue weighted by atomic mass is 9.91. The lowest BCUT2D eigenvalue weighted by Gasteiger charge is -2.18. The molecule has 1 aromatic heterocycles. The van der Waals surface area contributed by atoms with Crippen LogP contribution in [0.2, 0.25) is 0 Å². The van der Waals surface area contributed by atoms with Gasteiger partial charge in [-0.2, -0.15) is 4.57 Å². The van der Waals surface area contributed by atoms with Gasteiger partial charge in [-0.15, -0.1) is 0 Å². The molecule has 1 nitrogen and oxygen atoms in total. The third-order valence-electron chi connectivity index (χ3n) is 7.09. The van der Waals surface area contributed by atoms with E-state index in [2.05, 4.69) is 139 Å². The van der Waals surface area contributed by atoms with Crippen LogP contribution in [0.4, 0.5) is 17.3 Å². The second-order valence-electron chi connectivity index (χ2n) is 10.2. The Bertz CT molecular complexity index is 1400. The summed E-state index contributed by atoms with van der Waals surface area (Å²) in [7, 11) is -6.00. The summed E-state index contributed by atoms with van der Waals surface area (Å²) >= 11 is 0. The molecule has 0 unspecified atom stereocenters. The van der Waals surface area contributed by atoms with Crippen molar-refractivity contribution < 1.29 is 21.8 Å². The summed E-state index contributed by atoms with van der Waals surface area (Å²) in [4.78, 5) is 0.